The average molecular weight is 286 g/mol. The van der Waals surface area contributed by atoms with Crippen molar-refractivity contribution < 1.29 is 4.92 Å². The highest BCUT2D eigenvalue weighted by molar-refractivity contribution is 9.10. The summed E-state index contributed by atoms with van der Waals surface area (Å²) in [6.45, 7) is 0.537. The predicted octanol–water partition coefficient (Wildman–Crippen LogP) is 2.13. The second-order valence-electron chi connectivity index (χ2n) is 4.10. The molecule has 86 valence electrons. The van der Waals surface area contributed by atoms with Crippen LogP contribution in [0.25, 0.3) is 0 Å². The van der Waals surface area contributed by atoms with E-state index in [9.17, 15) is 10.1 Å². The van der Waals surface area contributed by atoms with E-state index in [0.717, 1.165) is 19.3 Å². The van der Waals surface area contributed by atoms with E-state index in [0.29, 0.717) is 16.7 Å². The quantitative estimate of drug-likeness (QED) is 0.679. The van der Waals surface area contributed by atoms with E-state index >= 15 is 0 Å². The number of pyridine rings is 1. The Balaban J connectivity index is 2.44. The lowest BCUT2D eigenvalue weighted by Crippen LogP contribution is -2.16. The highest BCUT2D eigenvalue weighted by atomic mass is 79.9. The first kappa shape index (κ1) is 11.5. The number of hydrogen-bond acceptors (Lipinski definition) is 4. The Morgan fingerprint density at radius 1 is 1.62 bits per heavy atom. The molecular formula is C10H12BrN3O2. The highest BCUT2D eigenvalue weighted by Gasteiger charge is 2.48. The molecule has 1 aliphatic rings. The maximum atomic E-state index is 11.0. The topological polar surface area (TPSA) is 82.0 Å². The first-order chi connectivity index (χ1) is 7.59. The van der Waals surface area contributed by atoms with Gasteiger partial charge in [-0.05, 0) is 41.7 Å². The minimum absolute atomic E-state index is 0.0975. The minimum atomic E-state index is -0.371. The van der Waals surface area contributed by atoms with Gasteiger partial charge in [-0.1, -0.05) is 0 Å². The fraction of sp³-hybridized carbons (Fsp3) is 0.500. The summed E-state index contributed by atoms with van der Waals surface area (Å²) in [4.78, 5) is 14.8. The van der Waals surface area contributed by atoms with Gasteiger partial charge in [0.1, 0.15) is 5.69 Å². The third-order valence-corrected chi connectivity index (χ3v) is 3.44. The molecule has 1 heterocycles. The molecule has 5 nitrogen and oxygen atoms in total. The number of halogens is 1. The van der Waals surface area contributed by atoms with Crippen molar-refractivity contribution in [2.75, 3.05) is 6.54 Å². The molecule has 16 heavy (non-hydrogen) atoms. The second-order valence-corrected chi connectivity index (χ2v) is 5.01. The molecule has 2 rings (SSSR count). The van der Waals surface area contributed by atoms with Gasteiger partial charge in [-0.25, -0.2) is 0 Å². The SMILES string of the molecule is NCCC1(c2ncc(Br)cc2[N+](=O)[O-])CC1. The zero-order chi connectivity index (χ0) is 11.8. The standard InChI is InChI=1S/C10H12BrN3O2/c11-7-5-8(14(15)16)9(13-6-7)10(1-2-10)3-4-12/h5-6H,1-4,12H2. The fourth-order valence-corrected chi connectivity index (χ4v) is 2.33. The van der Waals surface area contributed by atoms with Gasteiger partial charge in [0, 0.05) is 22.2 Å². The lowest BCUT2D eigenvalue weighted by molar-refractivity contribution is -0.386. The van der Waals surface area contributed by atoms with Gasteiger partial charge in [0.05, 0.1) is 4.92 Å². The van der Waals surface area contributed by atoms with Crippen molar-refractivity contribution in [1.82, 2.24) is 4.98 Å². The number of hydrogen-bond donors (Lipinski definition) is 1. The summed E-state index contributed by atoms with van der Waals surface area (Å²) in [7, 11) is 0. The summed E-state index contributed by atoms with van der Waals surface area (Å²) in [5.74, 6) is 0. The normalized spacial score (nSPS) is 17.1. The van der Waals surface area contributed by atoms with Crippen LogP contribution < -0.4 is 5.73 Å². The molecule has 0 unspecified atom stereocenters. The van der Waals surface area contributed by atoms with Crippen molar-refractivity contribution in [3.63, 3.8) is 0 Å². The molecule has 1 aromatic rings. The predicted molar refractivity (Wildman–Crippen MR) is 63.2 cm³/mol. The van der Waals surface area contributed by atoms with Crippen LogP contribution in [0.4, 0.5) is 5.69 Å². The van der Waals surface area contributed by atoms with E-state index in [1.165, 1.54) is 6.07 Å². The number of rotatable bonds is 4. The summed E-state index contributed by atoms with van der Waals surface area (Å²) in [5.41, 5.74) is 6.09. The second kappa shape index (κ2) is 4.10. The molecular weight excluding hydrogens is 274 g/mol. The van der Waals surface area contributed by atoms with Crippen LogP contribution >= 0.6 is 15.9 Å². The van der Waals surface area contributed by atoms with E-state index in [-0.39, 0.29) is 16.0 Å². The molecule has 0 bridgehead atoms. The molecule has 0 amide bonds. The zero-order valence-corrected chi connectivity index (χ0v) is 10.2. The molecule has 0 saturated heterocycles. The zero-order valence-electron chi connectivity index (χ0n) is 8.65. The van der Waals surface area contributed by atoms with Crippen LogP contribution in [0, 0.1) is 10.1 Å². The van der Waals surface area contributed by atoms with E-state index in [1.54, 1.807) is 6.20 Å². The van der Waals surface area contributed by atoms with Crippen molar-refractivity contribution in [2.24, 2.45) is 5.73 Å². The number of nitrogens with zero attached hydrogens (tertiary/aromatic N) is 2. The van der Waals surface area contributed by atoms with Crippen molar-refractivity contribution in [2.45, 2.75) is 24.7 Å². The van der Waals surface area contributed by atoms with Crippen molar-refractivity contribution in [3.05, 3.63) is 32.5 Å². The van der Waals surface area contributed by atoms with Crippen LogP contribution in [0.2, 0.25) is 0 Å². The van der Waals surface area contributed by atoms with Gasteiger partial charge in [-0.3, -0.25) is 15.1 Å². The van der Waals surface area contributed by atoms with Gasteiger partial charge in [-0.2, -0.15) is 0 Å². The van der Waals surface area contributed by atoms with E-state index in [2.05, 4.69) is 20.9 Å². The van der Waals surface area contributed by atoms with Gasteiger partial charge in [0.2, 0.25) is 0 Å². The van der Waals surface area contributed by atoms with Crippen LogP contribution in [0.5, 0.6) is 0 Å². The third kappa shape index (κ3) is 1.94. The lowest BCUT2D eigenvalue weighted by atomic mass is 9.96. The van der Waals surface area contributed by atoms with Crippen LogP contribution in [0.3, 0.4) is 0 Å². The lowest BCUT2D eigenvalue weighted by Gasteiger charge is -2.13. The molecule has 0 atom stereocenters. The molecule has 1 aliphatic carbocycles. The number of nitro groups is 1. The molecule has 6 heteroatoms. The number of aromatic nitrogens is 1. The molecule has 0 aromatic carbocycles. The Bertz CT molecular complexity index is 432. The van der Waals surface area contributed by atoms with Gasteiger partial charge >= 0.3 is 0 Å². The molecule has 2 N–H and O–H groups in total. The van der Waals surface area contributed by atoms with Crippen molar-refractivity contribution in [3.8, 4) is 0 Å². The summed E-state index contributed by atoms with van der Waals surface area (Å²) in [6.07, 6.45) is 4.26. The Hall–Kier alpha value is -1.01. The van der Waals surface area contributed by atoms with Crippen molar-refractivity contribution >= 4 is 21.6 Å². The van der Waals surface area contributed by atoms with E-state index < -0.39 is 0 Å². The Morgan fingerprint density at radius 2 is 2.31 bits per heavy atom. The van der Waals surface area contributed by atoms with Gasteiger partial charge in [0.15, 0.2) is 0 Å². The molecule has 1 fully saturated rings. The Morgan fingerprint density at radius 3 is 2.81 bits per heavy atom. The monoisotopic (exact) mass is 285 g/mol. The summed E-state index contributed by atoms with van der Waals surface area (Å²) in [5, 5.41) is 11.0. The highest BCUT2D eigenvalue weighted by Crippen LogP contribution is 2.52. The molecule has 0 aliphatic heterocycles. The Kier molecular flexibility index (Phi) is 2.94. The molecule has 1 saturated carbocycles. The van der Waals surface area contributed by atoms with E-state index in [1.807, 2.05) is 0 Å². The van der Waals surface area contributed by atoms with Crippen LogP contribution in [-0.2, 0) is 5.41 Å². The van der Waals surface area contributed by atoms with Crippen LogP contribution in [0.15, 0.2) is 16.7 Å². The Labute approximate surface area is 101 Å². The van der Waals surface area contributed by atoms with Crippen LogP contribution in [-0.4, -0.2) is 16.5 Å². The van der Waals surface area contributed by atoms with Gasteiger partial charge in [-0.15, -0.1) is 0 Å². The van der Waals surface area contributed by atoms with Crippen molar-refractivity contribution in [1.29, 1.82) is 0 Å². The summed E-state index contributed by atoms with van der Waals surface area (Å²) < 4.78 is 0.631. The first-order valence-corrected chi connectivity index (χ1v) is 5.89. The third-order valence-electron chi connectivity index (χ3n) is 3.01. The van der Waals surface area contributed by atoms with Crippen LogP contribution in [0.1, 0.15) is 25.0 Å². The maximum Gasteiger partial charge on any atom is 0.292 e. The maximum absolute atomic E-state index is 11.0. The van der Waals surface area contributed by atoms with E-state index in [4.69, 9.17) is 5.73 Å². The minimum Gasteiger partial charge on any atom is -0.330 e. The summed E-state index contributed by atoms with van der Waals surface area (Å²) >= 11 is 3.20. The molecule has 1 aromatic heterocycles. The first-order valence-electron chi connectivity index (χ1n) is 5.09. The largest absolute Gasteiger partial charge is 0.330 e. The van der Waals surface area contributed by atoms with Gasteiger partial charge in [0.25, 0.3) is 5.69 Å². The van der Waals surface area contributed by atoms with Gasteiger partial charge < -0.3 is 5.73 Å². The molecule has 0 spiro atoms. The molecule has 0 radical (unpaired) electrons. The smallest absolute Gasteiger partial charge is 0.292 e. The average Bonchev–Trinajstić information content (AvgIpc) is 2.99. The summed E-state index contributed by atoms with van der Waals surface area (Å²) in [6, 6.07) is 1.51. The fourth-order valence-electron chi connectivity index (χ4n) is 2.01. The number of nitrogens with two attached hydrogens (primary N) is 1.